The van der Waals surface area contributed by atoms with Crippen molar-refractivity contribution in [2.45, 2.75) is 19.9 Å². The van der Waals surface area contributed by atoms with Gasteiger partial charge in [0, 0.05) is 17.7 Å². The monoisotopic (exact) mass is 246 g/mol. The SMILES string of the molecule is Cc1cc([N+](=O)[O-])ccc1-c1ccc(C(C)N)o1. The normalized spacial score (nSPS) is 12.4. The number of nitro benzene ring substituents is 1. The van der Waals surface area contributed by atoms with Crippen LogP contribution in [0.4, 0.5) is 5.69 Å². The fraction of sp³-hybridized carbons (Fsp3) is 0.231. The number of nitrogens with zero attached hydrogens (tertiary/aromatic N) is 1. The molecule has 0 aliphatic rings. The van der Waals surface area contributed by atoms with Crippen molar-refractivity contribution < 1.29 is 9.34 Å². The Morgan fingerprint density at radius 3 is 2.56 bits per heavy atom. The van der Waals surface area contributed by atoms with Crippen LogP contribution in [0.3, 0.4) is 0 Å². The number of nitro groups is 1. The highest BCUT2D eigenvalue weighted by Gasteiger charge is 2.13. The Kier molecular flexibility index (Phi) is 3.16. The number of aryl methyl sites for hydroxylation is 1. The van der Waals surface area contributed by atoms with Crippen molar-refractivity contribution in [1.82, 2.24) is 0 Å². The Morgan fingerprint density at radius 2 is 2.06 bits per heavy atom. The molecule has 18 heavy (non-hydrogen) atoms. The van der Waals surface area contributed by atoms with Crippen molar-refractivity contribution in [1.29, 1.82) is 0 Å². The molecule has 0 bridgehead atoms. The third-order valence-corrected chi connectivity index (χ3v) is 2.76. The first-order valence-electron chi connectivity index (χ1n) is 5.60. The first-order valence-corrected chi connectivity index (χ1v) is 5.60. The van der Waals surface area contributed by atoms with Crippen LogP contribution in [0, 0.1) is 17.0 Å². The van der Waals surface area contributed by atoms with E-state index in [0.29, 0.717) is 11.5 Å². The van der Waals surface area contributed by atoms with Gasteiger partial charge in [-0.05, 0) is 37.6 Å². The summed E-state index contributed by atoms with van der Waals surface area (Å²) in [5.41, 5.74) is 7.44. The van der Waals surface area contributed by atoms with Crippen LogP contribution in [0.1, 0.15) is 24.3 Å². The molecule has 0 fully saturated rings. The highest BCUT2D eigenvalue weighted by Crippen LogP contribution is 2.29. The van der Waals surface area contributed by atoms with Crippen molar-refractivity contribution in [3.05, 3.63) is 51.8 Å². The molecule has 0 spiro atoms. The van der Waals surface area contributed by atoms with Gasteiger partial charge in [0.25, 0.3) is 5.69 Å². The fourth-order valence-electron chi connectivity index (χ4n) is 1.78. The summed E-state index contributed by atoms with van der Waals surface area (Å²) in [5, 5.41) is 10.7. The minimum absolute atomic E-state index is 0.0789. The number of hydrogen-bond donors (Lipinski definition) is 1. The molecule has 0 amide bonds. The lowest BCUT2D eigenvalue weighted by molar-refractivity contribution is -0.384. The number of furan rings is 1. The molecule has 1 aromatic carbocycles. The summed E-state index contributed by atoms with van der Waals surface area (Å²) in [5.74, 6) is 1.37. The second-order valence-electron chi connectivity index (χ2n) is 4.25. The lowest BCUT2D eigenvalue weighted by Gasteiger charge is -2.03. The van der Waals surface area contributed by atoms with Gasteiger partial charge >= 0.3 is 0 Å². The van der Waals surface area contributed by atoms with Gasteiger partial charge in [-0.15, -0.1) is 0 Å². The number of rotatable bonds is 3. The summed E-state index contributed by atoms with van der Waals surface area (Å²) in [4.78, 5) is 10.2. The van der Waals surface area contributed by atoms with Crippen LogP contribution < -0.4 is 5.73 Å². The summed E-state index contributed by atoms with van der Waals surface area (Å²) in [6.07, 6.45) is 0. The Labute approximate surface area is 104 Å². The highest BCUT2D eigenvalue weighted by atomic mass is 16.6. The molecule has 1 heterocycles. The maximum absolute atomic E-state index is 10.7. The summed E-state index contributed by atoms with van der Waals surface area (Å²) < 4.78 is 5.62. The average Bonchev–Trinajstić information content (AvgIpc) is 2.78. The predicted molar refractivity (Wildman–Crippen MR) is 68.1 cm³/mol. The van der Waals surface area contributed by atoms with E-state index in [1.165, 1.54) is 12.1 Å². The van der Waals surface area contributed by atoms with Gasteiger partial charge in [-0.25, -0.2) is 0 Å². The highest BCUT2D eigenvalue weighted by molar-refractivity contribution is 5.64. The number of benzene rings is 1. The Balaban J connectivity index is 2.41. The summed E-state index contributed by atoms with van der Waals surface area (Å²) >= 11 is 0. The van der Waals surface area contributed by atoms with Crippen LogP contribution in [-0.4, -0.2) is 4.92 Å². The van der Waals surface area contributed by atoms with Gasteiger partial charge in [0.1, 0.15) is 11.5 Å². The van der Waals surface area contributed by atoms with Gasteiger partial charge < -0.3 is 10.2 Å². The van der Waals surface area contributed by atoms with Crippen LogP contribution in [0.5, 0.6) is 0 Å². The molecule has 1 unspecified atom stereocenters. The third kappa shape index (κ3) is 2.26. The number of nitrogens with two attached hydrogens (primary N) is 1. The summed E-state index contributed by atoms with van der Waals surface area (Å²) in [6, 6.07) is 8.17. The topological polar surface area (TPSA) is 82.3 Å². The van der Waals surface area contributed by atoms with E-state index in [1.54, 1.807) is 6.07 Å². The zero-order valence-electron chi connectivity index (χ0n) is 10.2. The molecule has 94 valence electrons. The molecule has 2 aromatic rings. The second-order valence-corrected chi connectivity index (χ2v) is 4.25. The fourth-order valence-corrected chi connectivity index (χ4v) is 1.78. The van der Waals surface area contributed by atoms with E-state index >= 15 is 0 Å². The van der Waals surface area contributed by atoms with Gasteiger partial charge in [-0.3, -0.25) is 10.1 Å². The molecule has 0 saturated carbocycles. The Morgan fingerprint density at radius 1 is 1.33 bits per heavy atom. The van der Waals surface area contributed by atoms with Gasteiger partial charge in [0.05, 0.1) is 11.0 Å². The van der Waals surface area contributed by atoms with Gasteiger partial charge in [-0.1, -0.05) is 0 Å². The molecule has 0 aliphatic heterocycles. The lowest BCUT2D eigenvalue weighted by atomic mass is 10.1. The zero-order valence-corrected chi connectivity index (χ0v) is 10.2. The van der Waals surface area contributed by atoms with E-state index in [1.807, 2.05) is 26.0 Å². The van der Waals surface area contributed by atoms with Crippen molar-refractivity contribution in [3.8, 4) is 11.3 Å². The molecule has 2 rings (SSSR count). The minimum Gasteiger partial charge on any atom is -0.459 e. The Bertz CT molecular complexity index is 588. The molecule has 5 heteroatoms. The van der Waals surface area contributed by atoms with Crippen LogP contribution in [0.15, 0.2) is 34.7 Å². The predicted octanol–water partition coefficient (Wildman–Crippen LogP) is 3.18. The maximum atomic E-state index is 10.7. The largest absolute Gasteiger partial charge is 0.459 e. The third-order valence-electron chi connectivity index (χ3n) is 2.76. The molecule has 1 atom stereocenters. The average molecular weight is 246 g/mol. The first-order chi connectivity index (χ1) is 8.49. The summed E-state index contributed by atoms with van der Waals surface area (Å²) in [6.45, 7) is 3.65. The van der Waals surface area contributed by atoms with E-state index in [-0.39, 0.29) is 11.7 Å². The van der Waals surface area contributed by atoms with E-state index in [4.69, 9.17) is 10.2 Å². The van der Waals surface area contributed by atoms with Crippen molar-refractivity contribution in [2.75, 3.05) is 0 Å². The zero-order chi connectivity index (χ0) is 13.3. The lowest BCUT2D eigenvalue weighted by Crippen LogP contribution is -2.02. The summed E-state index contributed by atoms with van der Waals surface area (Å²) in [7, 11) is 0. The van der Waals surface area contributed by atoms with E-state index in [0.717, 1.165) is 11.1 Å². The molecule has 2 N–H and O–H groups in total. The van der Waals surface area contributed by atoms with E-state index < -0.39 is 4.92 Å². The standard InChI is InChI=1S/C13H14N2O3/c1-8-7-10(15(16)17)3-4-11(8)13-6-5-12(18-13)9(2)14/h3-7,9H,14H2,1-2H3. The molecule has 5 nitrogen and oxygen atoms in total. The molecule has 0 saturated heterocycles. The molecular weight excluding hydrogens is 232 g/mol. The first kappa shape index (κ1) is 12.3. The van der Waals surface area contributed by atoms with E-state index in [2.05, 4.69) is 0 Å². The molecule has 0 radical (unpaired) electrons. The van der Waals surface area contributed by atoms with Gasteiger partial charge in [0.15, 0.2) is 0 Å². The van der Waals surface area contributed by atoms with E-state index in [9.17, 15) is 10.1 Å². The maximum Gasteiger partial charge on any atom is 0.269 e. The van der Waals surface area contributed by atoms with Crippen molar-refractivity contribution >= 4 is 5.69 Å². The van der Waals surface area contributed by atoms with Crippen LogP contribution in [0.25, 0.3) is 11.3 Å². The van der Waals surface area contributed by atoms with Crippen molar-refractivity contribution in [2.24, 2.45) is 5.73 Å². The van der Waals surface area contributed by atoms with Crippen LogP contribution in [0.2, 0.25) is 0 Å². The number of non-ortho nitro benzene ring substituents is 1. The van der Waals surface area contributed by atoms with Crippen molar-refractivity contribution in [3.63, 3.8) is 0 Å². The molecular formula is C13H14N2O3. The molecule has 1 aromatic heterocycles. The second kappa shape index (κ2) is 4.62. The molecule has 0 aliphatic carbocycles. The van der Waals surface area contributed by atoms with Crippen LogP contribution in [-0.2, 0) is 0 Å². The quantitative estimate of drug-likeness (QED) is 0.666. The minimum atomic E-state index is -0.410. The van der Waals surface area contributed by atoms with Crippen LogP contribution >= 0.6 is 0 Å². The smallest absolute Gasteiger partial charge is 0.269 e. The van der Waals surface area contributed by atoms with Gasteiger partial charge in [-0.2, -0.15) is 0 Å². The van der Waals surface area contributed by atoms with Gasteiger partial charge in [0.2, 0.25) is 0 Å². The number of hydrogen-bond acceptors (Lipinski definition) is 4. The Hall–Kier alpha value is -2.14.